The summed E-state index contributed by atoms with van der Waals surface area (Å²) >= 11 is 0. The first-order valence-electron chi connectivity index (χ1n) is 11.1. The van der Waals surface area contributed by atoms with E-state index in [0.717, 1.165) is 11.1 Å². The van der Waals surface area contributed by atoms with Crippen molar-refractivity contribution in [2.24, 2.45) is 5.16 Å². The zero-order valence-corrected chi connectivity index (χ0v) is 19.7. The van der Waals surface area contributed by atoms with Crippen molar-refractivity contribution in [1.82, 2.24) is 0 Å². The van der Waals surface area contributed by atoms with Gasteiger partial charge in [-0.05, 0) is 42.3 Å². The van der Waals surface area contributed by atoms with Crippen LogP contribution in [-0.4, -0.2) is 48.3 Å². The van der Waals surface area contributed by atoms with E-state index in [1.54, 1.807) is 31.2 Å². The SMILES string of the molecule is CCOC(=O)C(O)C(O)c1ccc(OCc2ccc(OC/C(=N\OC)c3ccccc3)cc2)cc1. The molecule has 0 aliphatic carbocycles. The van der Waals surface area contributed by atoms with Crippen LogP contribution >= 0.6 is 0 Å². The van der Waals surface area contributed by atoms with E-state index >= 15 is 0 Å². The van der Waals surface area contributed by atoms with Crippen LogP contribution in [0.1, 0.15) is 29.7 Å². The van der Waals surface area contributed by atoms with E-state index in [1.165, 1.54) is 7.11 Å². The highest BCUT2D eigenvalue weighted by molar-refractivity contribution is 6.01. The van der Waals surface area contributed by atoms with Gasteiger partial charge >= 0.3 is 5.97 Å². The van der Waals surface area contributed by atoms with Gasteiger partial charge in [0.25, 0.3) is 0 Å². The molecule has 0 radical (unpaired) electrons. The molecule has 0 fully saturated rings. The van der Waals surface area contributed by atoms with Gasteiger partial charge < -0.3 is 29.3 Å². The Bertz CT molecular complexity index is 1080. The molecular formula is C27H29NO7. The molecule has 2 atom stereocenters. The van der Waals surface area contributed by atoms with Crippen LogP contribution in [0.3, 0.4) is 0 Å². The number of hydrogen-bond acceptors (Lipinski definition) is 8. The maximum atomic E-state index is 11.6. The van der Waals surface area contributed by atoms with Crippen LogP contribution in [0.2, 0.25) is 0 Å². The third kappa shape index (κ3) is 7.56. The van der Waals surface area contributed by atoms with Gasteiger partial charge in [-0.25, -0.2) is 4.79 Å². The Balaban J connectivity index is 1.51. The summed E-state index contributed by atoms with van der Waals surface area (Å²) in [6.45, 7) is 2.34. The van der Waals surface area contributed by atoms with Crippen LogP contribution in [-0.2, 0) is 21.0 Å². The first-order valence-corrected chi connectivity index (χ1v) is 11.1. The van der Waals surface area contributed by atoms with Gasteiger partial charge in [0, 0.05) is 5.56 Å². The molecule has 2 unspecified atom stereocenters. The Kier molecular flexibility index (Phi) is 9.65. The molecule has 0 aliphatic rings. The number of carbonyl (C=O) groups excluding carboxylic acids is 1. The normalized spacial score (nSPS) is 13.0. The van der Waals surface area contributed by atoms with Crippen LogP contribution in [0, 0.1) is 0 Å². The maximum absolute atomic E-state index is 11.6. The Morgan fingerprint density at radius 3 is 2.14 bits per heavy atom. The Morgan fingerprint density at radius 2 is 1.51 bits per heavy atom. The molecule has 3 aromatic rings. The second-order valence-corrected chi connectivity index (χ2v) is 7.52. The number of nitrogens with zero attached hydrogens (tertiary/aromatic N) is 1. The fraction of sp³-hybridized carbons (Fsp3) is 0.259. The minimum absolute atomic E-state index is 0.124. The molecule has 0 heterocycles. The molecule has 0 aromatic heterocycles. The standard InChI is InChI=1S/C27H29NO7/c1-3-33-27(31)26(30)25(29)21-11-15-23(16-12-21)34-17-19-9-13-22(14-10-19)35-18-24(28-32-2)20-7-5-4-6-8-20/h4-16,25-26,29-30H,3,17-18H2,1-2H3/b28-24+. The van der Waals surface area contributed by atoms with Crippen molar-refractivity contribution < 1.29 is 34.1 Å². The summed E-state index contributed by atoms with van der Waals surface area (Å²) in [6.07, 6.45) is -3.03. The summed E-state index contributed by atoms with van der Waals surface area (Å²) in [6, 6.07) is 23.7. The molecule has 0 amide bonds. The number of carbonyl (C=O) groups is 1. The zero-order chi connectivity index (χ0) is 25.0. The first-order chi connectivity index (χ1) is 17.0. The molecule has 3 aromatic carbocycles. The average Bonchev–Trinajstić information content (AvgIpc) is 2.90. The third-order valence-corrected chi connectivity index (χ3v) is 5.06. The predicted octanol–water partition coefficient (Wildman–Crippen LogP) is 3.65. The largest absolute Gasteiger partial charge is 0.489 e. The van der Waals surface area contributed by atoms with Crippen molar-refractivity contribution in [1.29, 1.82) is 0 Å². The number of hydrogen-bond donors (Lipinski definition) is 2. The Morgan fingerprint density at radius 1 is 0.886 bits per heavy atom. The van der Waals surface area contributed by atoms with Crippen molar-refractivity contribution in [2.75, 3.05) is 20.3 Å². The fourth-order valence-electron chi connectivity index (χ4n) is 3.20. The van der Waals surface area contributed by atoms with E-state index in [4.69, 9.17) is 19.0 Å². The van der Waals surface area contributed by atoms with Crippen LogP contribution < -0.4 is 9.47 Å². The second kappa shape index (κ2) is 13.1. The fourth-order valence-corrected chi connectivity index (χ4v) is 3.20. The molecule has 0 aliphatic heterocycles. The van der Waals surface area contributed by atoms with Gasteiger partial charge in [0.05, 0.1) is 6.61 Å². The molecule has 184 valence electrons. The molecule has 0 saturated carbocycles. The van der Waals surface area contributed by atoms with E-state index in [-0.39, 0.29) is 13.2 Å². The minimum atomic E-state index is -1.65. The molecule has 0 saturated heterocycles. The molecular weight excluding hydrogens is 450 g/mol. The van der Waals surface area contributed by atoms with Crippen LogP contribution in [0.25, 0.3) is 0 Å². The number of esters is 1. The average molecular weight is 480 g/mol. The minimum Gasteiger partial charge on any atom is -0.489 e. The summed E-state index contributed by atoms with van der Waals surface area (Å²) < 4.78 is 16.4. The van der Waals surface area contributed by atoms with Crippen molar-refractivity contribution >= 4 is 11.7 Å². The number of benzene rings is 3. The highest BCUT2D eigenvalue weighted by Gasteiger charge is 2.26. The van der Waals surface area contributed by atoms with Crippen molar-refractivity contribution in [3.05, 3.63) is 95.6 Å². The molecule has 3 rings (SSSR count). The van der Waals surface area contributed by atoms with Gasteiger partial charge in [0.1, 0.15) is 43.6 Å². The monoisotopic (exact) mass is 479 g/mol. The summed E-state index contributed by atoms with van der Waals surface area (Å²) in [7, 11) is 1.50. The van der Waals surface area contributed by atoms with Crippen molar-refractivity contribution in [2.45, 2.75) is 25.7 Å². The third-order valence-electron chi connectivity index (χ3n) is 5.06. The van der Waals surface area contributed by atoms with Crippen LogP contribution in [0.15, 0.2) is 84.0 Å². The lowest BCUT2D eigenvalue weighted by atomic mass is 10.0. The maximum Gasteiger partial charge on any atom is 0.338 e. The highest BCUT2D eigenvalue weighted by atomic mass is 16.6. The lowest BCUT2D eigenvalue weighted by molar-refractivity contribution is -0.159. The van der Waals surface area contributed by atoms with Crippen LogP contribution in [0.4, 0.5) is 0 Å². The van der Waals surface area contributed by atoms with Crippen LogP contribution in [0.5, 0.6) is 11.5 Å². The summed E-state index contributed by atoms with van der Waals surface area (Å²) in [4.78, 5) is 16.5. The molecule has 8 heteroatoms. The highest BCUT2D eigenvalue weighted by Crippen LogP contribution is 2.22. The zero-order valence-electron chi connectivity index (χ0n) is 19.7. The number of aliphatic hydroxyl groups excluding tert-OH is 2. The Labute approximate surface area is 204 Å². The molecule has 0 bridgehead atoms. The lowest BCUT2D eigenvalue weighted by Gasteiger charge is -2.17. The number of aliphatic hydroxyl groups is 2. The second-order valence-electron chi connectivity index (χ2n) is 7.52. The number of oxime groups is 1. The number of ether oxygens (including phenoxy) is 3. The predicted molar refractivity (Wildman–Crippen MR) is 130 cm³/mol. The summed E-state index contributed by atoms with van der Waals surface area (Å²) in [5.74, 6) is 0.400. The van der Waals surface area contributed by atoms with Gasteiger partial charge in [-0.1, -0.05) is 59.8 Å². The quantitative estimate of drug-likeness (QED) is 0.232. The number of rotatable bonds is 12. The summed E-state index contributed by atoms with van der Waals surface area (Å²) in [5, 5.41) is 24.1. The van der Waals surface area contributed by atoms with Gasteiger partial charge in [0.15, 0.2) is 6.10 Å². The van der Waals surface area contributed by atoms with E-state index in [2.05, 4.69) is 5.16 Å². The molecule has 0 spiro atoms. The molecule has 2 N–H and O–H groups in total. The molecule has 8 nitrogen and oxygen atoms in total. The van der Waals surface area contributed by atoms with Crippen molar-refractivity contribution in [3.8, 4) is 11.5 Å². The van der Waals surface area contributed by atoms with E-state index in [1.807, 2.05) is 54.6 Å². The first kappa shape index (κ1) is 25.7. The van der Waals surface area contributed by atoms with E-state index < -0.39 is 18.2 Å². The summed E-state index contributed by atoms with van der Waals surface area (Å²) in [5.41, 5.74) is 2.93. The lowest BCUT2D eigenvalue weighted by Crippen LogP contribution is -2.29. The van der Waals surface area contributed by atoms with Gasteiger partial charge in [-0.2, -0.15) is 0 Å². The Hall–Kier alpha value is -3.88. The molecule has 35 heavy (non-hydrogen) atoms. The van der Waals surface area contributed by atoms with Gasteiger partial charge in [-0.3, -0.25) is 0 Å². The van der Waals surface area contributed by atoms with E-state index in [0.29, 0.717) is 29.4 Å². The van der Waals surface area contributed by atoms with Gasteiger partial charge in [0.2, 0.25) is 0 Å². The van der Waals surface area contributed by atoms with Crippen molar-refractivity contribution in [3.63, 3.8) is 0 Å². The topological polar surface area (TPSA) is 107 Å². The van der Waals surface area contributed by atoms with Gasteiger partial charge in [-0.15, -0.1) is 0 Å². The van der Waals surface area contributed by atoms with E-state index in [9.17, 15) is 15.0 Å². The smallest absolute Gasteiger partial charge is 0.338 e.